The lowest BCUT2D eigenvalue weighted by Crippen LogP contribution is -2.35. The minimum Gasteiger partial charge on any atom is -0.349 e. The van der Waals surface area contributed by atoms with Gasteiger partial charge < -0.3 is 9.88 Å². The van der Waals surface area contributed by atoms with Gasteiger partial charge in [-0.2, -0.15) is 0 Å². The zero-order chi connectivity index (χ0) is 24.4. The minimum atomic E-state index is -3.93. The molecule has 1 aromatic carbocycles. The lowest BCUT2D eigenvalue weighted by Gasteiger charge is -2.20. The lowest BCUT2D eigenvalue weighted by molar-refractivity contribution is 0.221. The number of sulfonamides is 1. The number of benzene rings is 1. The number of anilines is 1. The van der Waals surface area contributed by atoms with Crippen LogP contribution in [0.15, 0.2) is 35.6 Å². The lowest BCUT2D eigenvalue weighted by atomic mass is 10.0. The standard InChI is InChI=1S/C26H32FN5O2S/c1-26(2,27)15-30-35(33,34)24-12-19-18(21-13-29-23(11-20(21)24)17-5-6-17)7-8-22(19)31-25-28-9-10-32(25)14-16-3-4-16/h9-13,16-17,22,30H,3-8,14-15H2,1-2H3,(H,28,31)/t22-/m0/s1. The SMILES string of the molecule is CC(C)(F)CNS(=O)(=O)c1cc2c(c3cnc(C4CC4)cc13)CC[C@@H]2Nc1nccn1CC1CC1. The monoisotopic (exact) mass is 497 g/mol. The number of nitrogens with zero attached hydrogens (tertiary/aromatic N) is 3. The molecule has 7 nitrogen and oxygen atoms in total. The highest BCUT2D eigenvalue weighted by Gasteiger charge is 2.33. The molecule has 0 aliphatic heterocycles. The number of hydrogen-bond acceptors (Lipinski definition) is 5. The van der Waals surface area contributed by atoms with Crippen LogP contribution in [0.3, 0.4) is 0 Å². The summed E-state index contributed by atoms with van der Waals surface area (Å²) < 4.78 is 45.8. The molecule has 2 N–H and O–H groups in total. The first-order valence-corrected chi connectivity index (χ1v) is 14.1. The molecule has 0 amide bonds. The number of hydrogen-bond donors (Lipinski definition) is 2. The predicted octanol–water partition coefficient (Wildman–Crippen LogP) is 4.84. The first-order valence-electron chi connectivity index (χ1n) is 12.6. The van der Waals surface area contributed by atoms with Gasteiger partial charge >= 0.3 is 0 Å². The van der Waals surface area contributed by atoms with Gasteiger partial charge in [-0.25, -0.2) is 22.5 Å². The molecule has 3 aromatic rings. The fourth-order valence-corrected chi connectivity index (χ4v) is 6.49. The van der Waals surface area contributed by atoms with E-state index in [1.54, 1.807) is 6.07 Å². The molecular formula is C26H32FN5O2S. The fraction of sp³-hybridized carbons (Fsp3) is 0.538. The van der Waals surface area contributed by atoms with Crippen LogP contribution in [0.2, 0.25) is 0 Å². The molecule has 0 bridgehead atoms. The van der Waals surface area contributed by atoms with Crippen LogP contribution in [0.1, 0.15) is 74.7 Å². The Morgan fingerprint density at radius 2 is 1.91 bits per heavy atom. The second-order valence-electron chi connectivity index (χ2n) is 11.0. The number of pyridine rings is 1. The highest BCUT2D eigenvalue weighted by molar-refractivity contribution is 7.89. The Hall–Kier alpha value is -2.52. The highest BCUT2D eigenvalue weighted by Crippen LogP contribution is 2.44. The Kier molecular flexibility index (Phi) is 5.41. The summed E-state index contributed by atoms with van der Waals surface area (Å²) in [4.78, 5) is 9.43. The van der Waals surface area contributed by atoms with E-state index in [2.05, 4.69) is 19.6 Å². The molecule has 186 valence electrons. The second kappa shape index (κ2) is 8.27. The predicted molar refractivity (Wildman–Crippen MR) is 134 cm³/mol. The summed E-state index contributed by atoms with van der Waals surface area (Å²) in [6, 6.07) is 3.68. The highest BCUT2D eigenvalue weighted by atomic mass is 32.2. The van der Waals surface area contributed by atoms with E-state index in [1.165, 1.54) is 26.7 Å². The largest absolute Gasteiger partial charge is 0.349 e. The quantitative estimate of drug-likeness (QED) is 0.441. The molecule has 9 heteroatoms. The van der Waals surface area contributed by atoms with Crippen molar-refractivity contribution in [3.05, 3.63) is 47.5 Å². The van der Waals surface area contributed by atoms with Crippen molar-refractivity contribution >= 4 is 26.7 Å². The molecule has 2 saturated carbocycles. The van der Waals surface area contributed by atoms with Crippen molar-refractivity contribution < 1.29 is 12.8 Å². The maximum Gasteiger partial charge on any atom is 0.241 e. The van der Waals surface area contributed by atoms with Gasteiger partial charge in [0.25, 0.3) is 0 Å². The number of aryl methyl sites for hydroxylation is 1. The first kappa shape index (κ1) is 22.9. The van der Waals surface area contributed by atoms with E-state index in [1.807, 2.05) is 24.7 Å². The summed E-state index contributed by atoms with van der Waals surface area (Å²) >= 11 is 0. The van der Waals surface area contributed by atoms with E-state index in [4.69, 9.17) is 4.98 Å². The number of alkyl halides is 1. The van der Waals surface area contributed by atoms with Crippen LogP contribution in [0.5, 0.6) is 0 Å². The molecule has 35 heavy (non-hydrogen) atoms. The van der Waals surface area contributed by atoms with E-state index in [9.17, 15) is 12.8 Å². The zero-order valence-corrected chi connectivity index (χ0v) is 21.0. The molecule has 0 unspecified atom stereocenters. The summed E-state index contributed by atoms with van der Waals surface area (Å²) in [6.07, 6.45) is 12.0. The molecule has 2 aromatic heterocycles. The number of fused-ring (bicyclic) bond motifs is 3. The Morgan fingerprint density at radius 1 is 1.11 bits per heavy atom. The minimum absolute atomic E-state index is 0.0515. The van der Waals surface area contributed by atoms with Crippen LogP contribution in [0, 0.1) is 5.92 Å². The number of imidazole rings is 1. The van der Waals surface area contributed by atoms with Crippen LogP contribution < -0.4 is 10.0 Å². The van der Waals surface area contributed by atoms with Crippen LogP contribution in [-0.4, -0.2) is 35.2 Å². The smallest absolute Gasteiger partial charge is 0.241 e. The average Bonchev–Trinajstić information content (AvgIpc) is 3.73. The van der Waals surface area contributed by atoms with Gasteiger partial charge in [0.2, 0.25) is 16.0 Å². The number of rotatable bonds is 9. The van der Waals surface area contributed by atoms with Crippen molar-refractivity contribution in [3.63, 3.8) is 0 Å². The van der Waals surface area contributed by atoms with E-state index in [0.29, 0.717) is 11.3 Å². The van der Waals surface area contributed by atoms with Gasteiger partial charge in [-0.3, -0.25) is 4.98 Å². The maximum atomic E-state index is 14.2. The van der Waals surface area contributed by atoms with Crippen molar-refractivity contribution in [2.24, 2.45) is 5.92 Å². The van der Waals surface area contributed by atoms with Gasteiger partial charge in [0.15, 0.2) is 0 Å². The zero-order valence-electron chi connectivity index (χ0n) is 20.2. The third-order valence-electron chi connectivity index (χ3n) is 7.35. The van der Waals surface area contributed by atoms with Gasteiger partial charge in [0.05, 0.1) is 10.9 Å². The Labute approximate surface area is 205 Å². The van der Waals surface area contributed by atoms with Crippen LogP contribution >= 0.6 is 0 Å². The third-order valence-corrected chi connectivity index (χ3v) is 8.79. The molecule has 3 aliphatic carbocycles. The molecule has 0 spiro atoms. The Balaban J connectivity index is 1.41. The van der Waals surface area contributed by atoms with Gasteiger partial charge in [-0.15, -0.1) is 0 Å². The molecule has 1 atom stereocenters. The second-order valence-corrected chi connectivity index (χ2v) is 12.7. The summed E-state index contributed by atoms with van der Waals surface area (Å²) in [6.45, 7) is 3.41. The van der Waals surface area contributed by atoms with Crippen LogP contribution in [-0.2, 0) is 23.0 Å². The van der Waals surface area contributed by atoms with Gasteiger partial charge in [0, 0.05) is 54.1 Å². The van der Waals surface area contributed by atoms with E-state index in [-0.39, 0.29) is 17.5 Å². The van der Waals surface area contributed by atoms with Crippen molar-refractivity contribution in [2.75, 3.05) is 11.9 Å². The van der Waals surface area contributed by atoms with Crippen molar-refractivity contribution in [3.8, 4) is 0 Å². The van der Waals surface area contributed by atoms with E-state index < -0.39 is 15.7 Å². The molecule has 2 fully saturated rings. The molecular weight excluding hydrogens is 465 g/mol. The number of nitrogens with one attached hydrogen (secondary N) is 2. The van der Waals surface area contributed by atoms with Gasteiger partial charge in [-0.1, -0.05) is 0 Å². The molecule has 6 rings (SSSR count). The van der Waals surface area contributed by atoms with Crippen molar-refractivity contribution in [1.82, 2.24) is 19.3 Å². The topological polar surface area (TPSA) is 88.9 Å². The average molecular weight is 498 g/mol. The Morgan fingerprint density at radius 3 is 2.63 bits per heavy atom. The van der Waals surface area contributed by atoms with Crippen molar-refractivity contribution in [1.29, 1.82) is 0 Å². The van der Waals surface area contributed by atoms with Gasteiger partial charge in [-0.05, 0) is 81.5 Å². The molecule has 2 heterocycles. The summed E-state index contributed by atoms with van der Waals surface area (Å²) in [5, 5.41) is 5.13. The molecule has 0 saturated heterocycles. The van der Waals surface area contributed by atoms with Crippen LogP contribution in [0.25, 0.3) is 10.8 Å². The fourth-order valence-electron chi connectivity index (χ4n) is 5.06. The van der Waals surface area contributed by atoms with E-state index >= 15 is 0 Å². The summed E-state index contributed by atoms with van der Waals surface area (Å²) in [5.41, 5.74) is 1.38. The maximum absolute atomic E-state index is 14.2. The van der Waals surface area contributed by atoms with Gasteiger partial charge in [0.1, 0.15) is 5.67 Å². The normalized spacial score (nSPS) is 20.4. The first-order chi connectivity index (χ1) is 16.7. The Bertz CT molecular complexity index is 1390. The number of aromatic nitrogens is 3. The third kappa shape index (κ3) is 4.68. The van der Waals surface area contributed by atoms with E-state index in [0.717, 1.165) is 66.3 Å². The van der Waals surface area contributed by atoms with Crippen LogP contribution in [0.4, 0.5) is 10.3 Å². The molecule has 0 radical (unpaired) electrons. The summed E-state index contributed by atoms with van der Waals surface area (Å²) in [7, 11) is -3.93. The van der Waals surface area contributed by atoms with Crippen molar-refractivity contribution in [2.45, 2.75) is 81.4 Å². The summed E-state index contributed by atoms with van der Waals surface area (Å²) in [5.74, 6) is 1.94. The molecule has 3 aliphatic rings. The number of halogens is 1.